The van der Waals surface area contributed by atoms with Gasteiger partial charge in [0.15, 0.2) is 0 Å². The average Bonchev–Trinajstić information content (AvgIpc) is 2.23. The number of nitrogens with two attached hydrogens (primary N) is 1. The Morgan fingerprint density at radius 1 is 1.31 bits per heavy atom. The van der Waals surface area contributed by atoms with Crippen molar-refractivity contribution in [3.63, 3.8) is 0 Å². The smallest absolute Gasteiger partial charge is 0.128 e. The molecule has 0 bridgehead atoms. The van der Waals surface area contributed by atoms with E-state index in [2.05, 4.69) is 18.7 Å². The fourth-order valence-electron chi connectivity index (χ4n) is 1.65. The van der Waals surface area contributed by atoms with Crippen LogP contribution in [-0.4, -0.2) is 18.0 Å². The summed E-state index contributed by atoms with van der Waals surface area (Å²) >= 11 is 0. The van der Waals surface area contributed by atoms with E-state index in [1.54, 1.807) is 0 Å². The third-order valence-electron chi connectivity index (χ3n) is 3.10. The molecule has 2 nitrogen and oxygen atoms in total. The molecule has 0 heterocycles. The molecule has 0 saturated heterocycles. The summed E-state index contributed by atoms with van der Waals surface area (Å²) in [5.74, 6) is -0.194. The molecular weight excluding hydrogens is 203 g/mol. The van der Waals surface area contributed by atoms with Gasteiger partial charge in [-0.15, -0.1) is 0 Å². The molecule has 1 rings (SSSR count). The molecule has 0 fully saturated rings. The van der Waals surface area contributed by atoms with Crippen LogP contribution >= 0.6 is 0 Å². The Morgan fingerprint density at radius 2 is 1.94 bits per heavy atom. The zero-order chi connectivity index (χ0) is 12.3. The van der Waals surface area contributed by atoms with Crippen LogP contribution in [-0.2, 0) is 13.1 Å². The van der Waals surface area contributed by atoms with Crippen molar-refractivity contribution in [3.8, 4) is 0 Å². The first-order valence-corrected chi connectivity index (χ1v) is 5.64. The van der Waals surface area contributed by atoms with Gasteiger partial charge in [-0.1, -0.05) is 6.07 Å². The standard InChI is InChI=1S/C13H21FN2/c1-9(2)16(4)8-12-10(3)5-6-13(14)11(12)7-15/h5-6,9H,7-8,15H2,1-4H3. The van der Waals surface area contributed by atoms with Gasteiger partial charge in [0, 0.05) is 24.7 Å². The van der Waals surface area contributed by atoms with Crippen molar-refractivity contribution in [1.29, 1.82) is 0 Å². The maximum absolute atomic E-state index is 13.6. The van der Waals surface area contributed by atoms with Gasteiger partial charge in [0.1, 0.15) is 5.82 Å². The fourth-order valence-corrected chi connectivity index (χ4v) is 1.65. The van der Waals surface area contributed by atoms with Crippen molar-refractivity contribution in [1.82, 2.24) is 4.90 Å². The Morgan fingerprint density at radius 3 is 2.44 bits per heavy atom. The molecule has 0 aromatic heterocycles. The second kappa shape index (κ2) is 5.41. The summed E-state index contributed by atoms with van der Waals surface area (Å²) in [6, 6.07) is 3.75. The van der Waals surface area contributed by atoms with Crippen LogP contribution in [0.25, 0.3) is 0 Å². The third-order valence-corrected chi connectivity index (χ3v) is 3.10. The molecule has 0 amide bonds. The number of halogens is 1. The Labute approximate surface area is 97.3 Å². The van der Waals surface area contributed by atoms with Crippen molar-refractivity contribution in [2.75, 3.05) is 7.05 Å². The second-order valence-electron chi connectivity index (χ2n) is 4.53. The Hall–Kier alpha value is -0.930. The van der Waals surface area contributed by atoms with E-state index < -0.39 is 0 Å². The van der Waals surface area contributed by atoms with E-state index in [0.29, 0.717) is 11.6 Å². The molecule has 0 aliphatic rings. The van der Waals surface area contributed by atoms with Crippen LogP contribution in [0, 0.1) is 12.7 Å². The van der Waals surface area contributed by atoms with Crippen LogP contribution in [0.1, 0.15) is 30.5 Å². The van der Waals surface area contributed by atoms with Crippen LogP contribution in [0.5, 0.6) is 0 Å². The summed E-state index contributed by atoms with van der Waals surface area (Å²) in [5, 5.41) is 0. The molecule has 0 saturated carbocycles. The van der Waals surface area contributed by atoms with Gasteiger partial charge < -0.3 is 5.73 Å². The summed E-state index contributed by atoms with van der Waals surface area (Å²) in [7, 11) is 2.04. The minimum Gasteiger partial charge on any atom is -0.326 e. The summed E-state index contributed by atoms with van der Waals surface area (Å²) in [6.45, 7) is 7.25. The predicted molar refractivity (Wildman–Crippen MR) is 65.6 cm³/mol. The zero-order valence-corrected chi connectivity index (χ0v) is 10.5. The van der Waals surface area contributed by atoms with Crippen LogP contribution in [0.3, 0.4) is 0 Å². The number of aryl methyl sites for hydroxylation is 1. The predicted octanol–water partition coefficient (Wildman–Crippen LogP) is 2.43. The molecule has 1 aromatic carbocycles. The quantitative estimate of drug-likeness (QED) is 0.851. The molecule has 0 atom stereocenters. The van der Waals surface area contributed by atoms with Crippen molar-refractivity contribution in [2.24, 2.45) is 5.73 Å². The van der Waals surface area contributed by atoms with E-state index in [4.69, 9.17) is 5.73 Å². The molecular formula is C13H21FN2. The van der Waals surface area contributed by atoms with Crippen molar-refractivity contribution >= 4 is 0 Å². The Bertz CT molecular complexity index is 361. The first-order chi connectivity index (χ1) is 7.47. The lowest BCUT2D eigenvalue weighted by Gasteiger charge is -2.23. The van der Waals surface area contributed by atoms with Crippen LogP contribution in [0.2, 0.25) is 0 Å². The topological polar surface area (TPSA) is 29.3 Å². The molecule has 0 aliphatic heterocycles. The molecule has 3 heteroatoms. The van der Waals surface area contributed by atoms with E-state index in [-0.39, 0.29) is 12.4 Å². The van der Waals surface area contributed by atoms with Gasteiger partial charge in [-0.05, 0) is 45.0 Å². The normalized spacial score (nSPS) is 11.5. The van der Waals surface area contributed by atoms with Crippen LogP contribution < -0.4 is 5.73 Å². The molecule has 0 aliphatic carbocycles. The van der Waals surface area contributed by atoms with E-state index >= 15 is 0 Å². The maximum atomic E-state index is 13.6. The summed E-state index contributed by atoms with van der Waals surface area (Å²) in [6.07, 6.45) is 0. The fraction of sp³-hybridized carbons (Fsp3) is 0.538. The highest BCUT2D eigenvalue weighted by Crippen LogP contribution is 2.19. The molecule has 0 unspecified atom stereocenters. The first kappa shape index (κ1) is 13.1. The average molecular weight is 224 g/mol. The minimum atomic E-state index is -0.194. The minimum absolute atomic E-state index is 0.194. The molecule has 16 heavy (non-hydrogen) atoms. The van der Waals surface area contributed by atoms with Gasteiger partial charge in [-0.2, -0.15) is 0 Å². The highest BCUT2D eigenvalue weighted by atomic mass is 19.1. The van der Waals surface area contributed by atoms with Gasteiger partial charge in [-0.25, -0.2) is 4.39 Å². The lowest BCUT2D eigenvalue weighted by atomic mass is 10.0. The van der Waals surface area contributed by atoms with Crippen molar-refractivity contribution in [3.05, 3.63) is 34.6 Å². The number of rotatable bonds is 4. The molecule has 2 N–H and O–H groups in total. The second-order valence-corrected chi connectivity index (χ2v) is 4.53. The third kappa shape index (κ3) is 2.80. The number of hydrogen-bond acceptors (Lipinski definition) is 2. The lowest BCUT2D eigenvalue weighted by molar-refractivity contribution is 0.264. The number of benzene rings is 1. The highest BCUT2D eigenvalue weighted by molar-refractivity contribution is 5.35. The van der Waals surface area contributed by atoms with E-state index in [1.807, 2.05) is 20.0 Å². The van der Waals surface area contributed by atoms with Crippen LogP contribution in [0.15, 0.2) is 12.1 Å². The zero-order valence-electron chi connectivity index (χ0n) is 10.5. The number of hydrogen-bond donors (Lipinski definition) is 1. The maximum Gasteiger partial charge on any atom is 0.128 e. The highest BCUT2D eigenvalue weighted by Gasteiger charge is 2.13. The Kier molecular flexibility index (Phi) is 4.44. The van der Waals surface area contributed by atoms with Crippen molar-refractivity contribution in [2.45, 2.75) is 39.9 Å². The molecule has 90 valence electrons. The number of nitrogens with zero attached hydrogens (tertiary/aromatic N) is 1. The monoisotopic (exact) mass is 224 g/mol. The summed E-state index contributed by atoms with van der Waals surface area (Å²) < 4.78 is 13.6. The van der Waals surface area contributed by atoms with Crippen molar-refractivity contribution < 1.29 is 4.39 Å². The van der Waals surface area contributed by atoms with Crippen LogP contribution in [0.4, 0.5) is 4.39 Å². The Balaban J connectivity index is 3.06. The summed E-state index contributed by atoms with van der Waals surface area (Å²) in [5.41, 5.74) is 8.39. The largest absolute Gasteiger partial charge is 0.326 e. The van der Waals surface area contributed by atoms with Gasteiger partial charge >= 0.3 is 0 Å². The van der Waals surface area contributed by atoms with Gasteiger partial charge in [-0.3, -0.25) is 4.90 Å². The molecule has 0 radical (unpaired) electrons. The summed E-state index contributed by atoms with van der Waals surface area (Å²) in [4.78, 5) is 2.18. The van der Waals surface area contributed by atoms with Gasteiger partial charge in [0.05, 0.1) is 0 Å². The van der Waals surface area contributed by atoms with E-state index in [0.717, 1.165) is 17.7 Å². The first-order valence-electron chi connectivity index (χ1n) is 5.64. The van der Waals surface area contributed by atoms with E-state index in [1.165, 1.54) is 6.07 Å². The van der Waals surface area contributed by atoms with E-state index in [9.17, 15) is 4.39 Å². The molecule has 0 spiro atoms. The molecule has 1 aromatic rings. The lowest BCUT2D eigenvalue weighted by Crippen LogP contribution is -2.27. The van der Waals surface area contributed by atoms with Gasteiger partial charge in [0.25, 0.3) is 0 Å². The SMILES string of the molecule is Cc1ccc(F)c(CN)c1CN(C)C(C)C. The van der Waals surface area contributed by atoms with Gasteiger partial charge in [0.2, 0.25) is 0 Å².